The Morgan fingerprint density at radius 3 is 2.50 bits per heavy atom. The molecule has 0 fully saturated rings. The van der Waals surface area contributed by atoms with E-state index in [1.54, 1.807) is 45.0 Å². The monoisotopic (exact) mass is 422 g/mol. The van der Waals surface area contributed by atoms with Crippen LogP contribution in [0.1, 0.15) is 38.1 Å². The Morgan fingerprint density at radius 1 is 1.13 bits per heavy atom. The fraction of sp³-hybridized carbons (Fsp3) is 0.250. The topological polar surface area (TPSA) is 73.4 Å². The molecule has 1 amide bonds. The first-order valence-electron chi connectivity index (χ1n) is 9.75. The summed E-state index contributed by atoms with van der Waals surface area (Å²) in [5.74, 6) is -1.39. The SMILES string of the molecule is Cc1[nH]c2ccccc2c1C1C(C(=O)C(C)(C)C)=C(O)C(=O)N1c1cccc(Cl)c1. The van der Waals surface area contributed by atoms with Crippen molar-refractivity contribution in [2.75, 3.05) is 4.90 Å². The molecule has 1 atom stereocenters. The van der Waals surface area contributed by atoms with Gasteiger partial charge >= 0.3 is 0 Å². The number of amides is 1. The molecule has 1 aliphatic heterocycles. The van der Waals surface area contributed by atoms with Crippen molar-refractivity contribution in [1.29, 1.82) is 0 Å². The number of carbonyl (C=O) groups excluding carboxylic acids is 2. The fourth-order valence-corrected chi connectivity index (χ4v) is 4.24. The van der Waals surface area contributed by atoms with Gasteiger partial charge < -0.3 is 10.1 Å². The third-order valence-electron chi connectivity index (χ3n) is 5.44. The number of hydrogen-bond acceptors (Lipinski definition) is 3. The first-order chi connectivity index (χ1) is 14.1. The Hall–Kier alpha value is -3.05. The molecule has 1 aliphatic rings. The Morgan fingerprint density at radius 2 is 1.83 bits per heavy atom. The molecule has 2 heterocycles. The summed E-state index contributed by atoms with van der Waals surface area (Å²) in [5, 5.41) is 12.2. The number of para-hydroxylation sites is 1. The Bertz CT molecular complexity index is 1220. The summed E-state index contributed by atoms with van der Waals surface area (Å²) in [6.07, 6.45) is 0. The van der Waals surface area contributed by atoms with Crippen molar-refractivity contribution in [2.24, 2.45) is 5.41 Å². The average molecular weight is 423 g/mol. The van der Waals surface area contributed by atoms with Gasteiger partial charge in [-0.3, -0.25) is 14.5 Å². The molecule has 4 rings (SSSR count). The number of fused-ring (bicyclic) bond motifs is 1. The highest BCUT2D eigenvalue weighted by atomic mass is 35.5. The molecule has 0 spiro atoms. The van der Waals surface area contributed by atoms with Crippen LogP contribution in [0.5, 0.6) is 0 Å². The lowest BCUT2D eigenvalue weighted by molar-refractivity contribution is -0.123. The second-order valence-corrected chi connectivity index (χ2v) is 9.04. The molecule has 0 aliphatic carbocycles. The number of aromatic amines is 1. The van der Waals surface area contributed by atoms with Crippen LogP contribution in [0.15, 0.2) is 59.9 Å². The molecule has 154 valence electrons. The predicted octanol–water partition coefficient (Wildman–Crippen LogP) is 5.64. The van der Waals surface area contributed by atoms with Crippen LogP contribution >= 0.6 is 11.6 Å². The lowest BCUT2D eigenvalue weighted by Gasteiger charge is -2.29. The lowest BCUT2D eigenvalue weighted by atomic mass is 9.81. The number of aliphatic hydroxyl groups excluding tert-OH is 1. The molecule has 30 heavy (non-hydrogen) atoms. The Labute approximate surface area is 180 Å². The molecule has 1 aromatic heterocycles. The van der Waals surface area contributed by atoms with Gasteiger partial charge in [0.1, 0.15) is 0 Å². The van der Waals surface area contributed by atoms with Gasteiger partial charge in [-0.1, -0.05) is 56.6 Å². The number of carbonyl (C=O) groups is 2. The van der Waals surface area contributed by atoms with Gasteiger partial charge in [-0.15, -0.1) is 0 Å². The zero-order valence-electron chi connectivity index (χ0n) is 17.3. The normalized spacial score (nSPS) is 17.3. The fourth-order valence-electron chi connectivity index (χ4n) is 4.06. The number of nitrogens with one attached hydrogen (secondary N) is 1. The number of rotatable bonds is 3. The van der Waals surface area contributed by atoms with E-state index in [4.69, 9.17) is 11.6 Å². The Balaban J connectivity index is 2.02. The number of benzene rings is 2. The van der Waals surface area contributed by atoms with E-state index in [1.807, 2.05) is 31.2 Å². The standard InChI is InChI=1S/C24H23ClN2O3/c1-13-18(16-10-5-6-11-17(16)26-13)20-19(22(29)24(2,3)4)21(28)23(30)27(20)15-9-7-8-14(25)12-15/h5-12,20,26,28H,1-4H3. The molecule has 2 N–H and O–H groups in total. The van der Waals surface area contributed by atoms with Crippen molar-refractivity contribution in [2.45, 2.75) is 33.7 Å². The van der Waals surface area contributed by atoms with Crippen molar-refractivity contribution in [3.05, 3.63) is 76.1 Å². The van der Waals surface area contributed by atoms with E-state index in [2.05, 4.69) is 4.98 Å². The van der Waals surface area contributed by atoms with Crippen LogP contribution in [0.25, 0.3) is 10.9 Å². The van der Waals surface area contributed by atoms with Crippen LogP contribution in [0, 0.1) is 12.3 Å². The van der Waals surface area contributed by atoms with Crippen LogP contribution in [-0.4, -0.2) is 21.8 Å². The minimum Gasteiger partial charge on any atom is -0.503 e. The van der Waals surface area contributed by atoms with E-state index < -0.39 is 23.1 Å². The predicted molar refractivity (Wildman–Crippen MR) is 119 cm³/mol. The van der Waals surface area contributed by atoms with E-state index in [-0.39, 0.29) is 11.4 Å². The molecular weight excluding hydrogens is 400 g/mol. The highest BCUT2D eigenvalue weighted by Gasteiger charge is 2.48. The third-order valence-corrected chi connectivity index (χ3v) is 5.67. The molecule has 0 radical (unpaired) electrons. The molecule has 5 nitrogen and oxygen atoms in total. The van der Waals surface area contributed by atoms with Crippen molar-refractivity contribution >= 4 is 39.9 Å². The van der Waals surface area contributed by atoms with Crippen molar-refractivity contribution in [3.8, 4) is 0 Å². The maximum absolute atomic E-state index is 13.4. The highest BCUT2D eigenvalue weighted by molar-refractivity contribution is 6.31. The van der Waals surface area contributed by atoms with Crippen molar-refractivity contribution in [1.82, 2.24) is 4.98 Å². The summed E-state index contributed by atoms with van der Waals surface area (Å²) >= 11 is 6.19. The van der Waals surface area contributed by atoms with Crippen LogP contribution in [-0.2, 0) is 9.59 Å². The average Bonchev–Trinajstić information content (AvgIpc) is 3.13. The molecule has 3 aromatic rings. The van der Waals surface area contributed by atoms with E-state index in [0.717, 1.165) is 22.2 Å². The van der Waals surface area contributed by atoms with Gasteiger partial charge in [-0.25, -0.2) is 0 Å². The van der Waals surface area contributed by atoms with Crippen LogP contribution in [0.4, 0.5) is 5.69 Å². The quantitative estimate of drug-likeness (QED) is 0.573. The van der Waals surface area contributed by atoms with Gasteiger partial charge in [0.2, 0.25) is 0 Å². The largest absolute Gasteiger partial charge is 0.503 e. The third kappa shape index (κ3) is 3.10. The second kappa shape index (κ2) is 7.03. The number of anilines is 1. The van der Waals surface area contributed by atoms with Crippen molar-refractivity contribution in [3.63, 3.8) is 0 Å². The zero-order valence-corrected chi connectivity index (χ0v) is 18.0. The summed E-state index contributed by atoms with van der Waals surface area (Å²) in [7, 11) is 0. The highest BCUT2D eigenvalue weighted by Crippen LogP contribution is 2.46. The van der Waals surface area contributed by atoms with E-state index >= 15 is 0 Å². The molecule has 0 saturated heterocycles. The number of aliphatic hydroxyl groups is 1. The molecule has 1 unspecified atom stereocenters. The lowest BCUT2D eigenvalue weighted by Crippen LogP contribution is -2.33. The van der Waals surface area contributed by atoms with Crippen LogP contribution in [0.2, 0.25) is 5.02 Å². The molecule has 0 bridgehead atoms. The van der Waals surface area contributed by atoms with Gasteiger partial charge in [0.25, 0.3) is 5.91 Å². The number of ketones is 1. The minimum atomic E-state index is -0.772. The first kappa shape index (κ1) is 20.2. The van der Waals surface area contributed by atoms with Gasteiger partial charge in [0, 0.05) is 38.3 Å². The number of halogens is 1. The summed E-state index contributed by atoms with van der Waals surface area (Å²) in [5.41, 5.74) is 2.38. The van der Waals surface area contributed by atoms with Gasteiger partial charge in [0.05, 0.1) is 11.6 Å². The van der Waals surface area contributed by atoms with E-state index in [9.17, 15) is 14.7 Å². The number of aromatic nitrogens is 1. The van der Waals surface area contributed by atoms with Crippen LogP contribution < -0.4 is 4.90 Å². The van der Waals surface area contributed by atoms with Gasteiger partial charge in [-0.05, 0) is 31.2 Å². The number of nitrogens with zero attached hydrogens (tertiary/aromatic N) is 1. The maximum Gasteiger partial charge on any atom is 0.294 e. The summed E-state index contributed by atoms with van der Waals surface area (Å²) < 4.78 is 0. The number of Topliss-reactive ketones (excluding diaryl/α,β-unsaturated/α-hetero) is 1. The molecule has 6 heteroatoms. The molecule has 2 aromatic carbocycles. The van der Waals surface area contributed by atoms with Gasteiger partial charge in [0.15, 0.2) is 11.5 Å². The summed E-state index contributed by atoms with van der Waals surface area (Å²) in [4.78, 5) is 31.4. The smallest absolute Gasteiger partial charge is 0.294 e. The summed E-state index contributed by atoms with van der Waals surface area (Å²) in [6, 6.07) is 13.8. The second-order valence-electron chi connectivity index (χ2n) is 8.61. The molecular formula is C24H23ClN2O3. The molecule has 0 saturated carbocycles. The number of hydrogen-bond donors (Lipinski definition) is 2. The summed E-state index contributed by atoms with van der Waals surface area (Å²) in [6.45, 7) is 7.24. The van der Waals surface area contributed by atoms with Crippen LogP contribution in [0.3, 0.4) is 0 Å². The van der Waals surface area contributed by atoms with E-state index in [1.165, 1.54) is 4.90 Å². The van der Waals surface area contributed by atoms with Crippen molar-refractivity contribution < 1.29 is 14.7 Å². The number of aryl methyl sites for hydroxylation is 1. The van der Waals surface area contributed by atoms with Gasteiger partial charge in [-0.2, -0.15) is 0 Å². The Kier molecular flexibility index (Phi) is 4.74. The zero-order chi connectivity index (χ0) is 21.8. The minimum absolute atomic E-state index is 0.111. The number of H-pyrrole nitrogens is 1. The first-order valence-corrected chi connectivity index (χ1v) is 10.1. The van der Waals surface area contributed by atoms with E-state index in [0.29, 0.717) is 10.7 Å². The maximum atomic E-state index is 13.4.